The summed E-state index contributed by atoms with van der Waals surface area (Å²) in [7, 11) is 1.72. The van der Waals surface area contributed by atoms with E-state index in [1.54, 1.807) is 7.11 Å². The van der Waals surface area contributed by atoms with Gasteiger partial charge in [-0.25, -0.2) is 0 Å². The van der Waals surface area contributed by atoms with Crippen molar-refractivity contribution in [3.05, 3.63) is 65.9 Å². The Morgan fingerprint density at radius 3 is 2.36 bits per heavy atom. The van der Waals surface area contributed by atoms with Crippen LogP contribution in [0.2, 0.25) is 0 Å². The number of likely N-dealkylation sites (tertiary alicyclic amines) is 1. The van der Waals surface area contributed by atoms with E-state index in [0.29, 0.717) is 11.6 Å². The van der Waals surface area contributed by atoms with Gasteiger partial charge in [-0.1, -0.05) is 71.9 Å². The maximum absolute atomic E-state index is 13.3. The van der Waals surface area contributed by atoms with Crippen LogP contribution in [0.15, 0.2) is 54.6 Å². The van der Waals surface area contributed by atoms with Gasteiger partial charge < -0.3 is 14.6 Å². The fourth-order valence-electron chi connectivity index (χ4n) is 5.18. The molecule has 39 heavy (non-hydrogen) atoms. The predicted octanol–water partition coefficient (Wildman–Crippen LogP) is 8.45. The molecule has 0 bridgehead atoms. The van der Waals surface area contributed by atoms with Crippen LogP contribution in [0, 0.1) is 5.92 Å². The van der Waals surface area contributed by atoms with Gasteiger partial charge in [0.25, 0.3) is 5.91 Å². The molecular weight excluding hydrogens is 482 g/mol. The molecule has 1 aromatic heterocycles. The minimum atomic E-state index is 0.0449. The number of carbonyl (C=O) groups is 1. The van der Waals surface area contributed by atoms with E-state index >= 15 is 0 Å². The zero-order valence-corrected chi connectivity index (χ0v) is 26.4. The SMILES string of the molecule is CC.CC.CC.CCN(CC1CCCN(C(C)(C)Cc2cccc(OC)c2)C1)C(=O)c1cc2ccccc2[nH]1. The summed E-state index contributed by atoms with van der Waals surface area (Å²) in [6.07, 6.45) is 3.31. The van der Waals surface area contributed by atoms with Gasteiger partial charge in [0.05, 0.1) is 7.11 Å². The number of aromatic amines is 1. The van der Waals surface area contributed by atoms with Gasteiger partial charge in [-0.2, -0.15) is 0 Å². The van der Waals surface area contributed by atoms with Crippen LogP contribution in [0.5, 0.6) is 5.75 Å². The number of nitrogens with one attached hydrogen (secondary N) is 1. The molecule has 0 aliphatic carbocycles. The van der Waals surface area contributed by atoms with Crippen molar-refractivity contribution in [1.29, 1.82) is 0 Å². The zero-order valence-electron chi connectivity index (χ0n) is 26.4. The average Bonchev–Trinajstić information content (AvgIpc) is 3.43. The van der Waals surface area contributed by atoms with Crippen molar-refractivity contribution in [1.82, 2.24) is 14.8 Å². The molecule has 0 saturated carbocycles. The lowest BCUT2D eigenvalue weighted by molar-refractivity contribution is 0.0474. The second-order valence-electron chi connectivity index (χ2n) is 9.91. The van der Waals surface area contributed by atoms with Gasteiger partial charge in [0.15, 0.2) is 0 Å². The highest BCUT2D eigenvalue weighted by atomic mass is 16.5. The van der Waals surface area contributed by atoms with E-state index in [0.717, 1.165) is 49.3 Å². The lowest BCUT2D eigenvalue weighted by Crippen LogP contribution is -2.52. The molecule has 1 aliphatic heterocycles. The van der Waals surface area contributed by atoms with Crippen molar-refractivity contribution in [3.63, 3.8) is 0 Å². The highest BCUT2D eigenvalue weighted by Crippen LogP contribution is 2.29. The number of methoxy groups -OCH3 is 1. The van der Waals surface area contributed by atoms with Crippen LogP contribution >= 0.6 is 0 Å². The molecule has 1 saturated heterocycles. The Kier molecular flexibility index (Phi) is 15.6. The summed E-state index contributed by atoms with van der Waals surface area (Å²) in [5.74, 6) is 1.49. The number of H-pyrrole nitrogens is 1. The van der Waals surface area contributed by atoms with Crippen molar-refractivity contribution in [3.8, 4) is 5.75 Å². The van der Waals surface area contributed by atoms with Crippen LogP contribution in [-0.4, -0.2) is 59.5 Å². The molecule has 1 aliphatic rings. The van der Waals surface area contributed by atoms with Crippen LogP contribution in [0.3, 0.4) is 0 Å². The fraction of sp³-hybridized carbons (Fsp3) is 0.559. The van der Waals surface area contributed by atoms with Gasteiger partial charge in [-0.15, -0.1) is 0 Å². The number of hydrogen-bond acceptors (Lipinski definition) is 3. The van der Waals surface area contributed by atoms with E-state index in [4.69, 9.17) is 4.74 Å². The normalized spacial score (nSPS) is 15.1. The molecule has 5 heteroatoms. The third-order valence-electron chi connectivity index (χ3n) is 7.05. The molecule has 2 heterocycles. The molecule has 1 unspecified atom stereocenters. The molecule has 0 radical (unpaired) electrons. The van der Waals surface area contributed by atoms with E-state index in [2.05, 4.69) is 48.9 Å². The average molecular weight is 538 g/mol. The summed E-state index contributed by atoms with van der Waals surface area (Å²) in [6.45, 7) is 22.4. The van der Waals surface area contributed by atoms with E-state index in [1.165, 1.54) is 18.4 Å². The molecule has 2 aromatic carbocycles. The van der Waals surface area contributed by atoms with Crippen molar-refractivity contribution in [2.45, 2.75) is 87.1 Å². The van der Waals surface area contributed by atoms with E-state index in [-0.39, 0.29) is 11.4 Å². The number of hydrogen-bond donors (Lipinski definition) is 1. The first-order valence-corrected chi connectivity index (χ1v) is 15.1. The predicted molar refractivity (Wildman–Crippen MR) is 169 cm³/mol. The third kappa shape index (κ3) is 9.72. The maximum atomic E-state index is 13.3. The highest BCUT2D eigenvalue weighted by Gasteiger charge is 2.33. The zero-order chi connectivity index (χ0) is 29.4. The molecule has 1 fully saturated rings. The molecule has 4 rings (SSSR count). The molecule has 1 atom stereocenters. The first kappa shape index (κ1) is 34.2. The summed E-state index contributed by atoms with van der Waals surface area (Å²) in [5, 5.41) is 1.08. The van der Waals surface area contributed by atoms with Gasteiger partial charge >= 0.3 is 0 Å². The molecule has 1 N–H and O–H groups in total. The summed E-state index contributed by atoms with van der Waals surface area (Å²) in [4.78, 5) is 21.2. The Balaban J connectivity index is 0.00000119. The minimum Gasteiger partial charge on any atom is -0.497 e. The number of rotatable bonds is 8. The van der Waals surface area contributed by atoms with E-state index < -0.39 is 0 Å². The van der Waals surface area contributed by atoms with E-state index in [9.17, 15) is 4.79 Å². The molecule has 1 amide bonds. The number of aromatic nitrogens is 1. The van der Waals surface area contributed by atoms with Crippen molar-refractivity contribution >= 4 is 16.8 Å². The minimum absolute atomic E-state index is 0.0449. The molecule has 218 valence electrons. The fourth-order valence-corrected chi connectivity index (χ4v) is 5.18. The Morgan fingerprint density at radius 1 is 1.03 bits per heavy atom. The topological polar surface area (TPSA) is 48.6 Å². The van der Waals surface area contributed by atoms with Gasteiger partial charge in [0.2, 0.25) is 0 Å². The summed E-state index contributed by atoms with van der Waals surface area (Å²) in [5.41, 5.74) is 3.04. The van der Waals surface area contributed by atoms with Crippen molar-refractivity contribution in [2.75, 3.05) is 33.3 Å². The van der Waals surface area contributed by atoms with Crippen LogP contribution in [0.25, 0.3) is 10.9 Å². The van der Waals surface area contributed by atoms with Crippen LogP contribution < -0.4 is 4.74 Å². The van der Waals surface area contributed by atoms with Crippen molar-refractivity contribution < 1.29 is 9.53 Å². The number of fused-ring (bicyclic) bond motifs is 1. The lowest BCUT2D eigenvalue weighted by Gasteiger charge is -2.44. The Labute approximate surface area is 238 Å². The maximum Gasteiger partial charge on any atom is 0.270 e. The van der Waals surface area contributed by atoms with Gasteiger partial charge in [-0.3, -0.25) is 9.69 Å². The first-order chi connectivity index (χ1) is 18.9. The van der Waals surface area contributed by atoms with Crippen LogP contribution in [-0.2, 0) is 6.42 Å². The number of benzene rings is 2. The largest absolute Gasteiger partial charge is 0.497 e. The standard InChI is InChI=1S/C28H37N3O2.3C2H6/c1-5-30(27(32)26-17-23-12-6-7-14-25(23)29-26)19-22-11-9-15-31(20-22)28(2,3)18-21-10-8-13-24(16-21)33-4;3*1-2/h6-8,10,12-14,16-17,22,29H,5,9,11,15,18-20H2,1-4H3;3*1-2H3. The number of para-hydroxylation sites is 1. The second-order valence-corrected chi connectivity index (χ2v) is 9.91. The smallest absolute Gasteiger partial charge is 0.270 e. The Bertz CT molecular complexity index is 1060. The summed E-state index contributed by atoms with van der Waals surface area (Å²) in [6, 6.07) is 18.4. The monoisotopic (exact) mass is 537 g/mol. The number of ether oxygens (including phenoxy) is 1. The summed E-state index contributed by atoms with van der Waals surface area (Å²) < 4.78 is 5.41. The number of piperidine rings is 1. The number of amides is 1. The van der Waals surface area contributed by atoms with Crippen LogP contribution in [0.1, 0.15) is 91.2 Å². The van der Waals surface area contributed by atoms with Gasteiger partial charge in [-0.05, 0) is 82.3 Å². The third-order valence-corrected chi connectivity index (χ3v) is 7.05. The van der Waals surface area contributed by atoms with Crippen LogP contribution in [0.4, 0.5) is 0 Å². The Hall–Kier alpha value is -2.79. The van der Waals surface area contributed by atoms with Crippen molar-refractivity contribution in [2.24, 2.45) is 5.92 Å². The number of carbonyl (C=O) groups excluding carboxylic acids is 1. The lowest BCUT2D eigenvalue weighted by atomic mass is 9.88. The molecule has 0 spiro atoms. The highest BCUT2D eigenvalue weighted by molar-refractivity contribution is 5.98. The van der Waals surface area contributed by atoms with Gasteiger partial charge in [0.1, 0.15) is 11.4 Å². The number of nitrogens with zero attached hydrogens (tertiary/aromatic N) is 2. The van der Waals surface area contributed by atoms with Gasteiger partial charge in [0, 0.05) is 36.1 Å². The molecular formula is C34H55N3O2. The molecule has 3 aromatic rings. The first-order valence-electron chi connectivity index (χ1n) is 15.1. The Morgan fingerprint density at radius 2 is 1.72 bits per heavy atom. The quantitative estimate of drug-likeness (QED) is 0.314. The summed E-state index contributed by atoms with van der Waals surface area (Å²) >= 11 is 0. The molecule has 5 nitrogen and oxygen atoms in total. The second kappa shape index (κ2) is 17.7. The van der Waals surface area contributed by atoms with E-state index in [1.807, 2.05) is 82.8 Å².